The molecule has 0 unspecified atom stereocenters. The van der Waals surface area contributed by atoms with E-state index in [-0.39, 0.29) is 30.0 Å². The van der Waals surface area contributed by atoms with Gasteiger partial charge in [-0.1, -0.05) is 18.5 Å². The smallest absolute Gasteiger partial charge is 0.335 e. The molecular formula is C24H23ClN4O6. The van der Waals surface area contributed by atoms with E-state index in [9.17, 15) is 19.5 Å². The zero-order valence-electron chi connectivity index (χ0n) is 19.2. The Kier molecular flexibility index (Phi) is 6.65. The highest BCUT2D eigenvalue weighted by Crippen LogP contribution is 2.39. The number of rotatable bonds is 6. The Morgan fingerprint density at radius 1 is 1.17 bits per heavy atom. The van der Waals surface area contributed by atoms with Crippen LogP contribution in [0.1, 0.15) is 36.9 Å². The van der Waals surface area contributed by atoms with Gasteiger partial charge in [-0.25, -0.2) is 14.4 Å². The molecule has 1 atom stereocenters. The lowest BCUT2D eigenvalue weighted by Gasteiger charge is -2.23. The maximum atomic E-state index is 12.8. The fourth-order valence-electron chi connectivity index (χ4n) is 4.00. The normalized spacial score (nSPS) is 15.1. The molecule has 2 aromatic carbocycles. The summed E-state index contributed by atoms with van der Waals surface area (Å²) in [4.78, 5) is 40.4. The molecule has 2 N–H and O–H groups in total. The molecule has 35 heavy (non-hydrogen) atoms. The van der Waals surface area contributed by atoms with Crippen molar-refractivity contribution in [1.82, 2.24) is 14.6 Å². The van der Waals surface area contributed by atoms with Crippen LogP contribution in [0.3, 0.4) is 0 Å². The number of ether oxygens (including phenoxy) is 2. The van der Waals surface area contributed by atoms with Crippen LogP contribution >= 0.6 is 11.6 Å². The zero-order valence-corrected chi connectivity index (χ0v) is 20.0. The maximum absolute atomic E-state index is 12.8. The van der Waals surface area contributed by atoms with Crippen molar-refractivity contribution in [3.8, 4) is 23.1 Å². The molecule has 2 heterocycles. The number of methoxy groups -OCH3 is 2. The van der Waals surface area contributed by atoms with Gasteiger partial charge in [0.25, 0.3) is 5.56 Å². The summed E-state index contributed by atoms with van der Waals surface area (Å²) in [6, 6.07) is 10.7. The molecule has 3 aromatic rings. The molecule has 0 saturated carbocycles. The largest absolute Gasteiger partial charge is 0.497 e. The van der Waals surface area contributed by atoms with Crippen LogP contribution in [0.4, 0.5) is 0 Å². The average Bonchev–Trinajstić information content (AvgIpc) is 3.28. The first-order valence-corrected chi connectivity index (χ1v) is 11.1. The number of H-pyrrole nitrogens is 1. The highest BCUT2D eigenvalue weighted by molar-refractivity contribution is 6.30. The van der Waals surface area contributed by atoms with Crippen LogP contribution < -0.4 is 20.7 Å². The molecule has 1 amide bonds. The summed E-state index contributed by atoms with van der Waals surface area (Å²) in [6.07, 6.45) is 0.266. The van der Waals surface area contributed by atoms with Gasteiger partial charge in [-0.05, 0) is 36.4 Å². The van der Waals surface area contributed by atoms with Gasteiger partial charge in [-0.3, -0.25) is 14.6 Å². The van der Waals surface area contributed by atoms with Gasteiger partial charge in [0.15, 0.2) is 0 Å². The Morgan fingerprint density at radius 3 is 2.51 bits per heavy atom. The number of nitrogens with zero attached hydrogens (tertiary/aromatic N) is 3. The summed E-state index contributed by atoms with van der Waals surface area (Å²) in [7, 11) is 3.03. The van der Waals surface area contributed by atoms with Crippen LogP contribution in [0.5, 0.6) is 17.4 Å². The van der Waals surface area contributed by atoms with E-state index in [0.717, 1.165) is 4.57 Å². The molecule has 0 spiro atoms. The van der Waals surface area contributed by atoms with E-state index in [4.69, 9.17) is 21.1 Å². The van der Waals surface area contributed by atoms with Crippen LogP contribution in [-0.4, -0.2) is 45.5 Å². The molecule has 182 valence electrons. The van der Waals surface area contributed by atoms with Crippen LogP contribution in [0.2, 0.25) is 5.02 Å². The van der Waals surface area contributed by atoms with Crippen molar-refractivity contribution in [3.05, 3.63) is 79.5 Å². The van der Waals surface area contributed by atoms with Gasteiger partial charge in [-0.15, -0.1) is 0 Å². The van der Waals surface area contributed by atoms with E-state index < -0.39 is 23.2 Å². The standard InChI is InChI=1S/C24H23ClN4O6/c1-4-20(30)29-18(16-10-9-15(34-2)11-19(16)35-3)12-17(27-29)21-22(31)26-24(33)28(23(21)32)14-7-5-13(25)6-8-14/h5-11,18,32H,4,12H2,1-3H3,(H,26,31,33)/t18-/m1/s1. The summed E-state index contributed by atoms with van der Waals surface area (Å²) in [5, 5.41) is 17.1. The van der Waals surface area contributed by atoms with Crippen molar-refractivity contribution >= 4 is 23.2 Å². The van der Waals surface area contributed by atoms with Crippen LogP contribution in [0.15, 0.2) is 57.2 Å². The fraction of sp³-hybridized carbons (Fsp3) is 0.250. The molecule has 0 fully saturated rings. The van der Waals surface area contributed by atoms with Crippen molar-refractivity contribution < 1.29 is 19.4 Å². The van der Waals surface area contributed by atoms with Gasteiger partial charge < -0.3 is 14.6 Å². The van der Waals surface area contributed by atoms with Crippen molar-refractivity contribution in [2.75, 3.05) is 14.2 Å². The van der Waals surface area contributed by atoms with Gasteiger partial charge in [0.1, 0.15) is 17.1 Å². The molecular weight excluding hydrogens is 476 g/mol. The van der Waals surface area contributed by atoms with E-state index in [1.807, 2.05) is 0 Å². The first kappa shape index (κ1) is 24.1. The van der Waals surface area contributed by atoms with E-state index in [0.29, 0.717) is 27.8 Å². The van der Waals surface area contributed by atoms with Gasteiger partial charge in [0.05, 0.1) is 31.7 Å². The number of hydrazone groups is 1. The number of hydrogen-bond donors (Lipinski definition) is 2. The minimum absolute atomic E-state index is 0.101. The van der Waals surface area contributed by atoms with Gasteiger partial charge >= 0.3 is 5.69 Å². The lowest BCUT2D eigenvalue weighted by atomic mass is 9.98. The highest BCUT2D eigenvalue weighted by atomic mass is 35.5. The number of carbonyl (C=O) groups is 1. The lowest BCUT2D eigenvalue weighted by molar-refractivity contribution is -0.132. The first-order valence-electron chi connectivity index (χ1n) is 10.7. The predicted molar refractivity (Wildman–Crippen MR) is 130 cm³/mol. The molecule has 1 aromatic heterocycles. The average molecular weight is 499 g/mol. The minimum atomic E-state index is -0.827. The van der Waals surface area contributed by atoms with Crippen molar-refractivity contribution in [2.45, 2.75) is 25.8 Å². The van der Waals surface area contributed by atoms with Crippen LogP contribution in [0, 0.1) is 0 Å². The Bertz CT molecular complexity index is 1430. The van der Waals surface area contributed by atoms with Crippen molar-refractivity contribution in [2.24, 2.45) is 5.10 Å². The van der Waals surface area contributed by atoms with Crippen LogP contribution in [0.25, 0.3) is 5.69 Å². The SMILES string of the molecule is CCC(=O)N1N=C(c2c(O)n(-c3ccc(Cl)cc3)c(=O)[nH]c2=O)C[C@@H]1c1ccc(OC)cc1OC. The first-order chi connectivity index (χ1) is 16.8. The number of aromatic nitrogens is 2. The summed E-state index contributed by atoms with van der Waals surface area (Å²) in [6.45, 7) is 1.70. The second-order valence-corrected chi connectivity index (χ2v) is 8.17. The monoisotopic (exact) mass is 498 g/mol. The van der Waals surface area contributed by atoms with Gasteiger partial charge in [0.2, 0.25) is 11.8 Å². The topological polar surface area (TPSA) is 126 Å². The third-order valence-electron chi connectivity index (χ3n) is 5.73. The second kappa shape index (κ2) is 9.67. The predicted octanol–water partition coefficient (Wildman–Crippen LogP) is 2.99. The Labute approximate surface area is 205 Å². The van der Waals surface area contributed by atoms with E-state index in [2.05, 4.69) is 10.1 Å². The van der Waals surface area contributed by atoms with Crippen molar-refractivity contribution in [1.29, 1.82) is 0 Å². The molecule has 1 aliphatic rings. The van der Waals surface area contributed by atoms with Crippen molar-refractivity contribution in [3.63, 3.8) is 0 Å². The number of aromatic amines is 1. The highest BCUT2D eigenvalue weighted by Gasteiger charge is 2.36. The fourth-order valence-corrected chi connectivity index (χ4v) is 4.13. The summed E-state index contributed by atoms with van der Waals surface area (Å²) < 4.78 is 11.7. The third kappa shape index (κ3) is 4.40. The lowest BCUT2D eigenvalue weighted by Crippen LogP contribution is -2.33. The summed E-state index contributed by atoms with van der Waals surface area (Å²) in [5.41, 5.74) is -0.757. The molecule has 1 aliphatic heterocycles. The molecule has 0 saturated heterocycles. The quantitative estimate of drug-likeness (QED) is 0.538. The summed E-state index contributed by atoms with van der Waals surface area (Å²) in [5.74, 6) is 0.169. The van der Waals surface area contributed by atoms with Gasteiger partial charge in [-0.2, -0.15) is 5.10 Å². The number of carbonyl (C=O) groups excluding carboxylic acids is 1. The Hall–Kier alpha value is -4.05. The van der Waals surface area contributed by atoms with E-state index >= 15 is 0 Å². The van der Waals surface area contributed by atoms with Gasteiger partial charge in [0, 0.05) is 29.5 Å². The number of nitrogens with one attached hydrogen (secondary N) is 1. The number of hydrogen-bond acceptors (Lipinski definition) is 7. The maximum Gasteiger partial charge on any atom is 0.335 e. The zero-order chi connectivity index (χ0) is 25.3. The Balaban J connectivity index is 1.85. The third-order valence-corrected chi connectivity index (χ3v) is 5.98. The molecule has 11 heteroatoms. The molecule has 0 bridgehead atoms. The number of amides is 1. The second-order valence-electron chi connectivity index (χ2n) is 7.74. The number of benzene rings is 2. The minimum Gasteiger partial charge on any atom is -0.497 e. The van der Waals surface area contributed by atoms with E-state index in [1.54, 1.807) is 37.3 Å². The molecule has 0 radical (unpaired) electrons. The molecule has 10 nitrogen and oxygen atoms in total. The number of aromatic hydroxyl groups is 1. The van der Waals surface area contributed by atoms with Crippen LogP contribution in [-0.2, 0) is 4.79 Å². The summed E-state index contributed by atoms with van der Waals surface area (Å²) >= 11 is 5.93. The van der Waals surface area contributed by atoms with E-state index in [1.165, 1.54) is 31.4 Å². The molecule has 4 rings (SSSR count). The number of halogens is 1. The molecule has 0 aliphatic carbocycles. The Morgan fingerprint density at radius 2 is 1.89 bits per heavy atom.